The minimum absolute atomic E-state index is 0.0486. The van der Waals surface area contributed by atoms with Gasteiger partial charge in [-0.3, -0.25) is 4.79 Å². The summed E-state index contributed by atoms with van der Waals surface area (Å²) in [6.07, 6.45) is 1.93. The van der Waals surface area contributed by atoms with Crippen LogP contribution in [0.5, 0.6) is 5.75 Å². The molecule has 9 heteroatoms. The van der Waals surface area contributed by atoms with E-state index in [-0.39, 0.29) is 22.7 Å². The average Bonchev–Trinajstić information content (AvgIpc) is 2.91. The standard InChI is InChI=1S/C12H14BrFN2O4S/c13-8-5-11(21(15,18)19)9(14)6-10(8)20-7-12(17)16-3-1-2-4-16/h5-6H,1-4,7H2,(H2,15,18,19). The first kappa shape index (κ1) is 16.2. The Labute approximate surface area is 130 Å². The second kappa shape index (κ2) is 6.29. The molecule has 21 heavy (non-hydrogen) atoms. The van der Waals surface area contributed by atoms with E-state index in [0.29, 0.717) is 13.1 Å². The summed E-state index contributed by atoms with van der Waals surface area (Å²) in [4.78, 5) is 12.9. The molecule has 0 spiro atoms. The van der Waals surface area contributed by atoms with Crippen molar-refractivity contribution in [1.82, 2.24) is 4.90 Å². The zero-order valence-corrected chi connectivity index (χ0v) is 13.4. The van der Waals surface area contributed by atoms with Crippen molar-refractivity contribution in [3.8, 4) is 5.75 Å². The molecule has 0 radical (unpaired) electrons. The summed E-state index contributed by atoms with van der Waals surface area (Å²) >= 11 is 3.07. The lowest BCUT2D eigenvalue weighted by Crippen LogP contribution is -2.32. The van der Waals surface area contributed by atoms with Gasteiger partial charge in [-0.05, 0) is 34.8 Å². The van der Waals surface area contributed by atoms with Crippen molar-refractivity contribution in [2.75, 3.05) is 19.7 Å². The van der Waals surface area contributed by atoms with Crippen LogP contribution in [0.25, 0.3) is 0 Å². The van der Waals surface area contributed by atoms with E-state index in [4.69, 9.17) is 9.88 Å². The number of ether oxygens (including phenoxy) is 1. The molecule has 0 aromatic heterocycles. The van der Waals surface area contributed by atoms with Gasteiger partial charge in [-0.2, -0.15) is 0 Å². The third-order valence-corrected chi connectivity index (χ3v) is 4.65. The summed E-state index contributed by atoms with van der Waals surface area (Å²) in [6, 6.07) is 1.90. The van der Waals surface area contributed by atoms with E-state index in [0.717, 1.165) is 25.0 Å². The normalized spacial score (nSPS) is 15.3. The lowest BCUT2D eigenvalue weighted by atomic mass is 10.3. The highest BCUT2D eigenvalue weighted by Gasteiger charge is 2.21. The predicted molar refractivity (Wildman–Crippen MR) is 76.8 cm³/mol. The first-order chi connectivity index (χ1) is 9.79. The molecule has 0 unspecified atom stereocenters. The van der Waals surface area contributed by atoms with Crippen LogP contribution in [0.3, 0.4) is 0 Å². The molecule has 6 nitrogen and oxygen atoms in total. The largest absolute Gasteiger partial charge is 0.482 e. The number of amides is 1. The lowest BCUT2D eigenvalue weighted by Gasteiger charge is -2.16. The van der Waals surface area contributed by atoms with E-state index < -0.39 is 20.7 Å². The van der Waals surface area contributed by atoms with E-state index in [1.165, 1.54) is 0 Å². The molecule has 0 saturated carbocycles. The molecular weight excluding hydrogens is 367 g/mol. The van der Waals surface area contributed by atoms with Crippen LogP contribution >= 0.6 is 15.9 Å². The minimum atomic E-state index is -4.15. The van der Waals surface area contributed by atoms with Crippen molar-refractivity contribution >= 4 is 31.9 Å². The quantitative estimate of drug-likeness (QED) is 0.850. The fraction of sp³-hybridized carbons (Fsp3) is 0.417. The second-order valence-electron chi connectivity index (χ2n) is 4.63. The van der Waals surface area contributed by atoms with Crippen molar-refractivity contribution in [1.29, 1.82) is 0 Å². The monoisotopic (exact) mass is 380 g/mol. The second-order valence-corrected chi connectivity index (χ2v) is 7.02. The Bertz CT molecular complexity index is 659. The number of rotatable bonds is 4. The van der Waals surface area contributed by atoms with Gasteiger partial charge < -0.3 is 9.64 Å². The molecule has 2 rings (SSSR count). The predicted octanol–water partition coefficient (Wildman–Crippen LogP) is 1.24. The molecular formula is C12H14BrFN2O4S. The van der Waals surface area contributed by atoms with Gasteiger partial charge in [-0.25, -0.2) is 17.9 Å². The van der Waals surface area contributed by atoms with Crippen molar-refractivity contribution in [3.63, 3.8) is 0 Å². The van der Waals surface area contributed by atoms with Gasteiger partial charge in [0.2, 0.25) is 10.0 Å². The fourth-order valence-corrected chi connectivity index (χ4v) is 3.26. The molecule has 1 amide bonds. The highest BCUT2D eigenvalue weighted by atomic mass is 79.9. The molecule has 0 aliphatic carbocycles. The van der Waals surface area contributed by atoms with E-state index in [1.807, 2.05) is 0 Å². The van der Waals surface area contributed by atoms with E-state index in [1.54, 1.807) is 4.90 Å². The Kier molecular flexibility index (Phi) is 4.84. The van der Waals surface area contributed by atoms with Crippen LogP contribution in [0.2, 0.25) is 0 Å². The van der Waals surface area contributed by atoms with Crippen LogP contribution in [0.4, 0.5) is 4.39 Å². The summed E-state index contributed by atoms with van der Waals surface area (Å²) in [5.41, 5.74) is 0. The molecule has 1 fully saturated rings. The summed E-state index contributed by atoms with van der Waals surface area (Å²) in [6.45, 7) is 1.16. The number of likely N-dealkylation sites (tertiary alicyclic amines) is 1. The number of carbonyl (C=O) groups is 1. The zero-order chi connectivity index (χ0) is 15.6. The number of primary sulfonamides is 1. The number of nitrogens with two attached hydrogens (primary N) is 1. The molecule has 2 N–H and O–H groups in total. The van der Waals surface area contributed by atoms with Gasteiger partial charge in [-0.15, -0.1) is 0 Å². The van der Waals surface area contributed by atoms with Gasteiger partial charge in [-0.1, -0.05) is 0 Å². The maximum Gasteiger partial charge on any atom is 0.260 e. The van der Waals surface area contributed by atoms with Crippen LogP contribution in [-0.2, 0) is 14.8 Å². The van der Waals surface area contributed by atoms with Crippen molar-refractivity contribution in [2.45, 2.75) is 17.7 Å². The highest BCUT2D eigenvalue weighted by Crippen LogP contribution is 2.30. The number of hydrogen-bond donors (Lipinski definition) is 1. The topological polar surface area (TPSA) is 89.7 Å². The van der Waals surface area contributed by atoms with Crippen LogP contribution in [0.1, 0.15) is 12.8 Å². The Morgan fingerprint density at radius 2 is 2.00 bits per heavy atom. The molecule has 116 valence electrons. The zero-order valence-electron chi connectivity index (χ0n) is 11.0. The first-order valence-corrected chi connectivity index (χ1v) is 8.55. The van der Waals surface area contributed by atoms with E-state index >= 15 is 0 Å². The van der Waals surface area contributed by atoms with Gasteiger partial charge in [0.1, 0.15) is 16.5 Å². The number of nitrogens with zero attached hydrogens (tertiary/aromatic N) is 1. The SMILES string of the molecule is NS(=O)(=O)c1cc(Br)c(OCC(=O)N2CCCC2)cc1F. The number of sulfonamides is 1. The maximum absolute atomic E-state index is 13.7. The number of benzene rings is 1. The van der Waals surface area contributed by atoms with Crippen molar-refractivity contribution < 1.29 is 22.3 Å². The molecule has 1 aromatic rings. The van der Waals surface area contributed by atoms with Crippen LogP contribution < -0.4 is 9.88 Å². The number of hydrogen-bond acceptors (Lipinski definition) is 4. The summed E-state index contributed by atoms with van der Waals surface area (Å²) in [7, 11) is -4.15. The van der Waals surface area contributed by atoms with E-state index in [9.17, 15) is 17.6 Å². The van der Waals surface area contributed by atoms with Crippen molar-refractivity contribution in [2.24, 2.45) is 5.14 Å². The van der Waals surface area contributed by atoms with Gasteiger partial charge >= 0.3 is 0 Å². The van der Waals surface area contributed by atoms with Gasteiger partial charge in [0.25, 0.3) is 5.91 Å². The third-order valence-electron chi connectivity index (χ3n) is 3.10. The average molecular weight is 381 g/mol. The van der Waals surface area contributed by atoms with E-state index in [2.05, 4.69) is 15.9 Å². The Balaban J connectivity index is 2.10. The minimum Gasteiger partial charge on any atom is -0.482 e. The maximum atomic E-state index is 13.7. The van der Waals surface area contributed by atoms with Crippen LogP contribution in [-0.4, -0.2) is 38.9 Å². The highest BCUT2D eigenvalue weighted by molar-refractivity contribution is 9.10. The lowest BCUT2D eigenvalue weighted by molar-refractivity contribution is -0.132. The Hall–Kier alpha value is -1.19. The number of halogens is 2. The van der Waals surface area contributed by atoms with Crippen LogP contribution in [0, 0.1) is 5.82 Å². The Morgan fingerprint density at radius 1 is 1.38 bits per heavy atom. The first-order valence-electron chi connectivity index (χ1n) is 6.21. The Morgan fingerprint density at radius 3 is 2.57 bits per heavy atom. The molecule has 0 bridgehead atoms. The van der Waals surface area contributed by atoms with Gasteiger partial charge in [0.05, 0.1) is 4.47 Å². The fourth-order valence-electron chi connectivity index (χ4n) is 2.04. The molecule has 1 saturated heterocycles. The number of carbonyl (C=O) groups excluding carboxylic acids is 1. The van der Waals surface area contributed by atoms with Gasteiger partial charge in [0, 0.05) is 19.2 Å². The van der Waals surface area contributed by atoms with Crippen molar-refractivity contribution in [3.05, 3.63) is 22.4 Å². The smallest absolute Gasteiger partial charge is 0.260 e. The third kappa shape index (κ3) is 3.92. The molecule has 0 atom stereocenters. The molecule has 1 heterocycles. The van der Waals surface area contributed by atoms with Crippen LogP contribution in [0.15, 0.2) is 21.5 Å². The molecule has 1 aliphatic heterocycles. The van der Waals surface area contributed by atoms with Gasteiger partial charge in [0.15, 0.2) is 6.61 Å². The molecule has 1 aromatic carbocycles. The summed E-state index contributed by atoms with van der Waals surface area (Å²) in [5.74, 6) is -1.16. The summed E-state index contributed by atoms with van der Waals surface area (Å²) in [5, 5.41) is 4.89. The molecule has 1 aliphatic rings. The summed E-state index contributed by atoms with van der Waals surface area (Å²) < 4.78 is 41.5.